The lowest BCUT2D eigenvalue weighted by Gasteiger charge is -1.88. The predicted octanol–water partition coefficient (Wildman–Crippen LogP) is 3.05. The molecule has 64 valence electrons. The second kappa shape index (κ2) is 2.79. The molecule has 0 saturated carbocycles. The monoisotopic (exact) mass is 195 g/mol. The van der Waals surface area contributed by atoms with Crippen LogP contribution in [-0.2, 0) is 0 Å². The van der Waals surface area contributed by atoms with Crippen molar-refractivity contribution in [3.05, 3.63) is 34.7 Å². The Balaban J connectivity index is 2.91. The molecule has 0 aliphatic rings. The lowest BCUT2D eigenvalue weighted by molar-refractivity contribution is 0.629. The molecular formula is C9H3F2NS. The van der Waals surface area contributed by atoms with E-state index in [1.54, 1.807) is 6.07 Å². The standard InChI is InChI=1S/C9H3F2NS/c10-5-1-2-8-6(3-5)7(4-12)9(11)13-8/h1-3H. The summed E-state index contributed by atoms with van der Waals surface area (Å²) in [5, 5.41) is 8.39. The largest absolute Gasteiger partial charge is 0.207 e. The highest BCUT2D eigenvalue weighted by molar-refractivity contribution is 7.17. The summed E-state index contributed by atoms with van der Waals surface area (Å²) in [7, 11) is 0. The number of halogens is 2. The highest BCUT2D eigenvalue weighted by atomic mass is 32.1. The van der Waals surface area contributed by atoms with E-state index < -0.39 is 10.9 Å². The van der Waals surface area contributed by atoms with Gasteiger partial charge in [-0.2, -0.15) is 9.65 Å². The van der Waals surface area contributed by atoms with Crippen LogP contribution in [0.2, 0.25) is 0 Å². The van der Waals surface area contributed by atoms with Crippen LogP contribution >= 0.6 is 11.3 Å². The lowest BCUT2D eigenvalue weighted by atomic mass is 10.2. The fourth-order valence-electron chi connectivity index (χ4n) is 1.14. The first-order valence-corrected chi connectivity index (χ1v) is 4.31. The summed E-state index contributed by atoms with van der Waals surface area (Å²) in [4.78, 5) is 0. The van der Waals surface area contributed by atoms with Gasteiger partial charge in [-0.15, -0.1) is 11.3 Å². The lowest BCUT2D eigenvalue weighted by Crippen LogP contribution is -1.75. The first kappa shape index (κ1) is 8.14. The molecule has 1 heterocycles. The molecule has 1 aromatic carbocycles. The molecule has 1 nitrogen and oxygen atoms in total. The molecule has 1 aromatic heterocycles. The van der Waals surface area contributed by atoms with E-state index in [2.05, 4.69) is 0 Å². The summed E-state index contributed by atoms with van der Waals surface area (Å²) < 4.78 is 26.3. The van der Waals surface area contributed by atoms with Crippen molar-refractivity contribution in [3.63, 3.8) is 0 Å². The third-order valence-electron chi connectivity index (χ3n) is 1.72. The molecule has 0 fully saturated rings. The van der Waals surface area contributed by atoms with E-state index in [1.165, 1.54) is 18.2 Å². The van der Waals surface area contributed by atoms with Crippen molar-refractivity contribution in [2.24, 2.45) is 0 Å². The fraction of sp³-hybridized carbons (Fsp3) is 0. The van der Waals surface area contributed by atoms with Crippen LogP contribution in [0.4, 0.5) is 8.78 Å². The zero-order chi connectivity index (χ0) is 9.42. The number of hydrogen-bond donors (Lipinski definition) is 0. The number of nitriles is 1. The molecule has 0 saturated heterocycles. The molecule has 0 aliphatic heterocycles. The van der Waals surface area contributed by atoms with Crippen molar-refractivity contribution in [2.45, 2.75) is 0 Å². The van der Waals surface area contributed by atoms with Gasteiger partial charge in [-0.3, -0.25) is 0 Å². The van der Waals surface area contributed by atoms with Crippen molar-refractivity contribution in [1.82, 2.24) is 0 Å². The smallest absolute Gasteiger partial charge is 0.195 e. The SMILES string of the molecule is N#Cc1c(F)sc2ccc(F)cc12. The van der Waals surface area contributed by atoms with Gasteiger partial charge in [0.1, 0.15) is 17.4 Å². The average Bonchev–Trinajstić information content (AvgIpc) is 2.40. The van der Waals surface area contributed by atoms with E-state index in [1.807, 2.05) is 0 Å². The highest BCUT2D eigenvalue weighted by Crippen LogP contribution is 2.29. The molecule has 0 amide bonds. The summed E-state index contributed by atoms with van der Waals surface area (Å²) in [6.07, 6.45) is 0. The Kier molecular flexibility index (Phi) is 1.74. The molecule has 0 atom stereocenters. The fourth-order valence-corrected chi connectivity index (χ4v) is 2.00. The quantitative estimate of drug-likeness (QED) is 0.633. The Morgan fingerprint density at radius 1 is 1.31 bits per heavy atom. The molecule has 4 heteroatoms. The van der Waals surface area contributed by atoms with Crippen LogP contribution in [0.3, 0.4) is 0 Å². The minimum absolute atomic E-state index is 0.0699. The molecule has 0 unspecified atom stereocenters. The van der Waals surface area contributed by atoms with Crippen LogP contribution in [0, 0.1) is 22.3 Å². The van der Waals surface area contributed by atoms with Gasteiger partial charge in [0.15, 0.2) is 5.13 Å². The molecule has 0 bridgehead atoms. The number of rotatable bonds is 0. The topological polar surface area (TPSA) is 23.8 Å². The molecule has 2 rings (SSSR count). The Hall–Kier alpha value is -1.47. The third kappa shape index (κ3) is 1.18. The summed E-state index contributed by atoms with van der Waals surface area (Å²) in [5.41, 5.74) is -0.0699. The van der Waals surface area contributed by atoms with Crippen LogP contribution in [0.25, 0.3) is 10.1 Å². The van der Waals surface area contributed by atoms with Gasteiger partial charge in [0.2, 0.25) is 0 Å². The van der Waals surface area contributed by atoms with Crippen LogP contribution in [0.1, 0.15) is 5.56 Å². The van der Waals surface area contributed by atoms with E-state index in [4.69, 9.17) is 5.26 Å². The Labute approximate surface area is 76.8 Å². The van der Waals surface area contributed by atoms with Crippen molar-refractivity contribution in [1.29, 1.82) is 5.26 Å². The number of fused-ring (bicyclic) bond motifs is 1. The Morgan fingerprint density at radius 3 is 2.77 bits per heavy atom. The van der Waals surface area contributed by atoms with Gasteiger partial charge in [0.25, 0.3) is 0 Å². The van der Waals surface area contributed by atoms with Crippen molar-refractivity contribution < 1.29 is 8.78 Å². The predicted molar refractivity (Wildman–Crippen MR) is 46.5 cm³/mol. The summed E-state index contributed by atoms with van der Waals surface area (Å²) in [6, 6.07) is 5.61. The van der Waals surface area contributed by atoms with Gasteiger partial charge in [-0.25, -0.2) is 4.39 Å². The maximum absolute atomic E-state index is 13.0. The second-order valence-electron chi connectivity index (χ2n) is 2.50. The van der Waals surface area contributed by atoms with Crippen molar-refractivity contribution in [3.8, 4) is 6.07 Å². The summed E-state index contributed by atoms with van der Waals surface area (Å²) in [5.74, 6) is -0.457. The molecule has 0 radical (unpaired) electrons. The maximum Gasteiger partial charge on any atom is 0.195 e. The van der Waals surface area contributed by atoms with Gasteiger partial charge in [-0.05, 0) is 18.2 Å². The molecule has 13 heavy (non-hydrogen) atoms. The zero-order valence-corrected chi connectivity index (χ0v) is 7.16. The number of hydrogen-bond acceptors (Lipinski definition) is 2. The third-order valence-corrected chi connectivity index (χ3v) is 2.68. The maximum atomic E-state index is 13.0. The van der Waals surface area contributed by atoms with Crippen LogP contribution in [0.15, 0.2) is 18.2 Å². The number of nitrogens with zero attached hydrogens (tertiary/aromatic N) is 1. The number of thiophene rings is 1. The summed E-state index contributed by atoms with van der Waals surface area (Å²) in [6.45, 7) is 0. The minimum Gasteiger partial charge on any atom is -0.207 e. The van der Waals surface area contributed by atoms with Gasteiger partial charge in [0.05, 0.1) is 0 Å². The zero-order valence-electron chi connectivity index (χ0n) is 6.34. The first-order chi connectivity index (χ1) is 6.22. The first-order valence-electron chi connectivity index (χ1n) is 3.50. The van der Waals surface area contributed by atoms with Gasteiger partial charge in [0, 0.05) is 10.1 Å². The van der Waals surface area contributed by atoms with Gasteiger partial charge < -0.3 is 0 Å². The van der Waals surface area contributed by atoms with E-state index >= 15 is 0 Å². The molecular weight excluding hydrogens is 192 g/mol. The van der Waals surface area contributed by atoms with Crippen molar-refractivity contribution in [2.75, 3.05) is 0 Å². The normalized spacial score (nSPS) is 10.2. The van der Waals surface area contributed by atoms with Gasteiger partial charge >= 0.3 is 0 Å². The molecule has 0 aliphatic carbocycles. The highest BCUT2D eigenvalue weighted by Gasteiger charge is 2.11. The Bertz CT molecular complexity index is 510. The average molecular weight is 195 g/mol. The van der Waals surface area contributed by atoms with Crippen LogP contribution in [-0.4, -0.2) is 0 Å². The molecule has 0 N–H and O–H groups in total. The Morgan fingerprint density at radius 2 is 2.08 bits per heavy atom. The van der Waals surface area contributed by atoms with E-state index in [9.17, 15) is 8.78 Å². The second-order valence-corrected chi connectivity index (χ2v) is 3.51. The van der Waals surface area contributed by atoms with E-state index in [0.717, 1.165) is 11.3 Å². The molecule has 2 aromatic rings. The minimum atomic E-state index is -0.553. The van der Waals surface area contributed by atoms with Crippen LogP contribution in [0.5, 0.6) is 0 Å². The summed E-state index contributed by atoms with van der Waals surface area (Å²) >= 11 is 0.856. The van der Waals surface area contributed by atoms with Crippen molar-refractivity contribution >= 4 is 21.4 Å². The van der Waals surface area contributed by atoms with E-state index in [-0.39, 0.29) is 5.56 Å². The molecule has 0 spiro atoms. The van der Waals surface area contributed by atoms with Gasteiger partial charge in [-0.1, -0.05) is 0 Å². The van der Waals surface area contributed by atoms with E-state index in [0.29, 0.717) is 10.1 Å². The number of benzene rings is 1. The van der Waals surface area contributed by atoms with Crippen LogP contribution < -0.4 is 0 Å².